The maximum absolute atomic E-state index is 12.1. The fraction of sp³-hybridized carbons (Fsp3) is 0.462. The maximum Gasteiger partial charge on any atom is 0.168 e. The van der Waals surface area contributed by atoms with Crippen molar-refractivity contribution in [3.8, 4) is 11.5 Å². The van der Waals surface area contributed by atoms with Gasteiger partial charge in [-0.25, -0.2) is 0 Å². The van der Waals surface area contributed by atoms with E-state index in [0.29, 0.717) is 30.1 Å². The molecule has 0 aliphatic carbocycles. The molecule has 92 valence electrons. The Labute approximate surface area is 101 Å². The molecule has 1 aliphatic rings. The Kier molecular flexibility index (Phi) is 3.64. The van der Waals surface area contributed by atoms with Crippen molar-refractivity contribution in [2.75, 3.05) is 20.3 Å². The highest BCUT2D eigenvalue weighted by Gasteiger charge is 2.23. The smallest absolute Gasteiger partial charge is 0.168 e. The van der Waals surface area contributed by atoms with E-state index in [0.717, 1.165) is 6.54 Å². The SMILES string of the molecule is CCNC1COc2ccc(OC)cc2C(=O)C1. The van der Waals surface area contributed by atoms with Crippen molar-refractivity contribution in [1.29, 1.82) is 0 Å². The number of ether oxygens (including phenoxy) is 2. The molecule has 0 fully saturated rings. The van der Waals surface area contributed by atoms with E-state index in [2.05, 4.69) is 5.32 Å². The van der Waals surface area contributed by atoms with Crippen molar-refractivity contribution >= 4 is 5.78 Å². The third kappa shape index (κ3) is 2.58. The molecule has 2 rings (SSSR count). The first kappa shape index (κ1) is 11.9. The average Bonchev–Trinajstić information content (AvgIpc) is 2.50. The van der Waals surface area contributed by atoms with Crippen LogP contribution >= 0.6 is 0 Å². The molecule has 1 atom stereocenters. The Hall–Kier alpha value is -1.55. The van der Waals surface area contributed by atoms with E-state index in [1.165, 1.54) is 0 Å². The zero-order valence-corrected chi connectivity index (χ0v) is 10.2. The summed E-state index contributed by atoms with van der Waals surface area (Å²) in [5, 5.41) is 3.24. The molecular weight excluding hydrogens is 218 g/mol. The van der Waals surface area contributed by atoms with Crippen LogP contribution in [0.15, 0.2) is 18.2 Å². The van der Waals surface area contributed by atoms with Crippen LogP contribution in [0.4, 0.5) is 0 Å². The van der Waals surface area contributed by atoms with Gasteiger partial charge in [-0.1, -0.05) is 6.92 Å². The number of hydrogen-bond acceptors (Lipinski definition) is 4. The summed E-state index contributed by atoms with van der Waals surface area (Å²) in [6, 6.07) is 5.43. The lowest BCUT2D eigenvalue weighted by Crippen LogP contribution is -2.34. The van der Waals surface area contributed by atoms with Crippen LogP contribution in [0.25, 0.3) is 0 Å². The number of benzene rings is 1. The van der Waals surface area contributed by atoms with Crippen LogP contribution < -0.4 is 14.8 Å². The van der Waals surface area contributed by atoms with E-state index in [1.807, 2.05) is 6.92 Å². The van der Waals surface area contributed by atoms with Gasteiger partial charge < -0.3 is 14.8 Å². The van der Waals surface area contributed by atoms with Crippen molar-refractivity contribution in [3.05, 3.63) is 23.8 Å². The summed E-state index contributed by atoms with van der Waals surface area (Å²) in [6.45, 7) is 3.38. The Morgan fingerprint density at radius 1 is 1.53 bits per heavy atom. The largest absolute Gasteiger partial charge is 0.497 e. The third-order valence-corrected chi connectivity index (χ3v) is 2.85. The molecule has 4 heteroatoms. The Bertz CT molecular complexity index is 417. The van der Waals surface area contributed by atoms with Crippen LogP contribution in [0.2, 0.25) is 0 Å². The predicted octanol–water partition coefficient (Wildman–Crippen LogP) is 1.64. The van der Waals surface area contributed by atoms with E-state index in [4.69, 9.17) is 9.47 Å². The van der Waals surface area contributed by atoms with E-state index >= 15 is 0 Å². The highest BCUT2D eigenvalue weighted by atomic mass is 16.5. The fourth-order valence-electron chi connectivity index (χ4n) is 1.98. The summed E-state index contributed by atoms with van der Waals surface area (Å²) in [4.78, 5) is 12.1. The molecular formula is C13H17NO3. The molecule has 1 aliphatic heterocycles. The first-order chi connectivity index (χ1) is 8.24. The Morgan fingerprint density at radius 2 is 2.35 bits per heavy atom. The second kappa shape index (κ2) is 5.19. The first-order valence-corrected chi connectivity index (χ1v) is 5.82. The number of carbonyl (C=O) groups excluding carboxylic acids is 1. The monoisotopic (exact) mass is 235 g/mol. The van der Waals surface area contributed by atoms with Crippen molar-refractivity contribution in [3.63, 3.8) is 0 Å². The number of fused-ring (bicyclic) bond motifs is 1. The van der Waals surface area contributed by atoms with Gasteiger partial charge in [0.25, 0.3) is 0 Å². The zero-order chi connectivity index (χ0) is 12.3. The minimum Gasteiger partial charge on any atom is -0.497 e. The molecule has 0 bridgehead atoms. The minimum atomic E-state index is 0.0888. The van der Waals surface area contributed by atoms with Gasteiger partial charge in [-0.3, -0.25) is 4.79 Å². The third-order valence-electron chi connectivity index (χ3n) is 2.85. The molecule has 1 N–H and O–H groups in total. The van der Waals surface area contributed by atoms with E-state index in [9.17, 15) is 4.79 Å². The number of nitrogens with one attached hydrogen (secondary N) is 1. The van der Waals surface area contributed by atoms with Crippen molar-refractivity contribution in [1.82, 2.24) is 5.32 Å². The molecule has 0 saturated carbocycles. The van der Waals surface area contributed by atoms with Crippen LogP contribution in [0.1, 0.15) is 23.7 Å². The molecule has 0 saturated heterocycles. The highest BCUT2D eigenvalue weighted by Crippen LogP contribution is 2.28. The van der Waals surface area contributed by atoms with Gasteiger partial charge in [-0.2, -0.15) is 0 Å². The Morgan fingerprint density at radius 3 is 3.06 bits per heavy atom. The average molecular weight is 235 g/mol. The molecule has 0 aromatic heterocycles. The summed E-state index contributed by atoms with van der Waals surface area (Å²) in [6.07, 6.45) is 0.466. The van der Waals surface area contributed by atoms with Crippen LogP contribution in [-0.4, -0.2) is 32.1 Å². The van der Waals surface area contributed by atoms with Crippen molar-refractivity contribution < 1.29 is 14.3 Å². The molecule has 1 aromatic rings. The second-order valence-corrected chi connectivity index (χ2v) is 4.05. The van der Waals surface area contributed by atoms with Crippen LogP contribution in [0.3, 0.4) is 0 Å². The lowest BCUT2D eigenvalue weighted by Gasteiger charge is -2.13. The zero-order valence-electron chi connectivity index (χ0n) is 10.2. The van der Waals surface area contributed by atoms with Crippen LogP contribution in [0, 0.1) is 0 Å². The number of likely N-dealkylation sites (N-methyl/N-ethyl adjacent to an activating group) is 1. The van der Waals surface area contributed by atoms with Gasteiger partial charge in [0.05, 0.1) is 12.7 Å². The summed E-state index contributed by atoms with van der Waals surface area (Å²) in [5.74, 6) is 1.43. The summed E-state index contributed by atoms with van der Waals surface area (Å²) >= 11 is 0. The lowest BCUT2D eigenvalue weighted by atomic mass is 10.0. The molecule has 0 spiro atoms. The second-order valence-electron chi connectivity index (χ2n) is 4.05. The van der Waals surface area contributed by atoms with Crippen LogP contribution in [0.5, 0.6) is 11.5 Å². The number of Topliss-reactive ketones (excluding diaryl/α,β-unsaturated/α-hetero) is 1. The Balaban J connectivity index is 2.25. The molecule has 17 heavy (non-hydrogen) atoms. The molecule has 1 unspecified atom stereocenters. The summed E-state index contributed by atoms with van der Waals surface area (Å²) in [5.41, 5.74) is 0.616. The van der Waals surface area contributed by atoms with Gasteiger partial charge in [0.1, 0.15) is 18.1 Å². The van der Waals surface area contributed by atoms with E-state index in [-0.39, 0.29) is 11.8 Å². The number of hydrogen-bond donors (Lipinski definition) is 1. The molecule has 0 radical (unpaired) electrons. The standard InChI is InChI=1S/C13H17NO3/c1-3-14-9-6-12(15)11-7-10(16-2)4-5-13(11)17-8-9/h4-5,7,9,14H,3,6,8H2,1-2H3. The number of methoxy groups -OCH3 is 1. The lowest BCUT2D eigenvalue weighted by molar-refractivity contribution is 0.0971. The van der Waals surface area contributed by atoms with Gasteiger partial charge in [-0.15, -0.1) is 0 Å². The predicted molar refractivity (Wildman–Crippen MR) is 64.9 cm³/mol. The normalized spacial score (nSPS) is 19.2. The number of ketones is 1. The van der Waals surface area contributed by atoms with Gasteiger partial charge >= 0.3 is 0 Å². The quantitative estimate of drug-likeness (QED) is 0.865. The molecule has 4 nitrogen and oxygen atoms in total. The molecule has 0 amide bonds. The highest BCUT2D eigenvalue weighted by molar-refractivity contribution is 5.99. The minimum absolute atomic E-state index is 0.0888. The van der Waals surface area contributed by atoms with Crippen LogP contribution in [-0.2, 0) is 0 Å². The van der Waals surface area contributed by atoms with Crippen molar-refractivity contribution in [2.45, 2.75) is 19.4 Å². The van der Waals surface area contributed by atoms with Gasteiger partial charge in [0, 0.05) is 12.5 Å². The number of rotatable bonds is 3. The fourth-order valence-corrected chi connectivity index (χ4v) is 1.98. The molecule has 1 aromatic carbocycles. The van der Waals surface area contributed by atoms with Gasteiger partial charge in [0.15, 0.2) is 5.78 Å². The maximum atomic E-state index is 12.1. The van der Waals surface area contributed by atoms with Gasteiger partial charge in [0.2, 0.25) is 0 Å². The topological polar surface area (TPSA) is 47.6 Å². The summed E-state index contributed by atoms with van der Waals surface area (Å²) in [7, 11) is 1.59. The van der Waals surface area contributed by atoms with Gasteiger partial charge in [-0.05, 0) is 24.7 Å². The summed E-state index contributed by atoms with van der Waals surface area (Å²) < 4.78 is 10.8. The first-order valence-electron chi connectivity index (χ1n) is 5.82. The van der Waals surface area contributed by atoms with E-state index < -0.39 is 0 Å². The van der Waals surface area contributed by atoms with E-state index in [1.54, 1.807) is 25.3 Å². The number of carbonyl (C=O) groups is 1. The molecule has 1 heterocycles. The van der Waals surface area contributed by atoms with Crippen molar-refractivity contribution in [2.24, 2.45) is 0 Å².